The average molecular weight is 316 g/mol. The molecule has 1 amide bonds. The summed E-state index contributed by atoms with van der Waals surface area (Å²) in [5.74, 6) is -1.08. The molecular weight excluding hydrogens is 300 g/mol. The Bertz CT molecular complexity index is 740. The highest BCUT2D eigenvalue weighted by atomic mass is 16.5. The fraction of sp³-hybridized carbons (Fsp3) is 0.312. The zero-order valence-electron chi connectivity index (χ0n) is 12.6. The highest BCUT2D eigenvalue weighted by molar-refractivity contribution is 5.95. The summed E-state index contributed by atoms with van der Waals surface area (Å²) in [5.41, 5.74) is 1.98. The molecule has 1 aromatic heterocycles. The maximum absolute atomic E-state index is 12.6. The molecule has 0 spiro atoms. The van der Waals surface area contributed by atoms with E-state index in [1.165, 1.54) is 18.1 Å². The zero-order valence-corrected chi connectivity index (χ0v) is 12.6. The summed E-state index contributed by atoms with van der Waals surface area (Å²) in [6.07, 6.45) is 0.278. The molecule has 23 heavy (non-hydrogen) atoms. The number of rotatable bonds is 4. The van der Waals surface area contributed by atoms with Crippen LogP contribution in [0.5, 0.6) is 0 Å². The normalized spacial score (nSPS) is 16.9. The summed E-state index contributed by atoms with van der Waals surface area (Å²) in [5, 5.41) is 13.2. The molecule has 0 aliphatic carbocycles. The highest BCUT2D eigenvalue weighted by Crippen LogP contribution is 2.25. The van der Waals surface area contributed by atoms with Crippen LogP contribution in [-0.2, 0) is 29.1 Å². The van der Waals surface area contributed by atoms with Crippen molar-refractivity contribution in [3.05, 3.63) is 52.9 Å². The Morgan fingerprint density at radius 1 is 1.39 bits per heavy atom. The minimum atomic E-state index is -1.03. The topological polar surface area (TPSA) is 92.9 Å². The predicted octanol–water partition coefficient (Wildman–Crippen LogP) is 1.47. The molecule has 120 valence electrons. The number of carboxylic acid groups (broad SMARTS) is 1. The number of aromatic nitrogens is 1. The largest absolute Gasteiger partial charge is 0.480 e. The van der Waals surface area contributed by atoms with E-state index in [2.05, 4.69) is 5.16 Å². The first-order chi connectivity index (χ1) is 11.1. The summed E-state index contributed by atoms with van der Waals surface area (Å²) < 4.78 is 9.93. The summed E-state index contributed by atoms with van der Waals surface area (Å²) >= 11 is 0. The number of fused-ring (bicyclic) bond motifs is 1. The lowest BCUT2D eigenvalue weighted by atomic mass is 9.93. The van der Waals surface area contributed by atoms with E-state index in [0.29, 0.717) is 5.76 Å². The van der Waals surface area contributed by atoms with Gasteiger partial charge in [0.15, 0.2) is 11.5 Å². The number of hydrogen-bond acceptors (Lipinski definition) is 5. The molecule has 3 rings (SSSR count). The van der Waals surface area contributed by atoms with Gasteiger partial charge >= 0.3 is 5.97 Å². The average Bonchev–Trinajstić information content (AvgIpc) is 3.02. The van der Waals surface area contributed by atoms with Gasteiger partial charge in [-0.25, -0.2) is 4.79 Å². The molecule has 1 aliphatic rings. The maximum Gasteiger partial charge on any atom is 0.326 e. The van der Waals surface area contributed by atoms with Crippen LogP contribution < -0.4 is 0 Å². The van der Waals surface area contributed by atoms with E-state index in [-0.39, 0.29) is 25.3 Å². The first kappa shape index (κ1) is 15.2. The van der Waals surface area contributed by atoms with E-state index in [0.717, 1.165) is 11.1 Å². The number of methoxy groups -OCH3 is 1. The van der Waals surface area contributed by atoms with Crippen LogP contribution in [0.25, 0.3) is 0 Å². The Labute approximate surface area is 132 Å². The smallest absolute Gasteiger partial charge is 0.326 e. The molecule has 0 saturated carbocycles. The lowest BCUT2D eigenvalue weighted by Gasteiger charge is -2.33. The van der Waals surface area contributed by atoms with E-state index in [1.54, 1.807) is 0 Å². The summed E-state index contributed by atoms with van der Waals surface area (Å²) in [6, 6.07) is 8.08. The second kappa shape index (κ2) is 6.21. The number of ether oxygens (including phenoxy) is 1. The van der Waals surface area contributed by atoms with Crippen LogP contribution in [0.3, 0.4) is 0 Å². The quantitative estimate of drug-likeness (QED) is 0.918. The van der Waals surface area contributed by atoms with Gasteiger partial charge in [0.05, 0.1) is 0 Å². The number of carbonyl (C=O) groups is 2. The minimum Gasteiger partial charge on any atom is -0.480 e. The molecule has 1 atom stereocenters. The molecule has 0 radical (unpaired) electrons. The molecule has 2 aromatic rings. The van der Waals surface area contributed by atoms with Crippen molar-refractivity contribution in [3.8, 4) is 0 Å². The van der Waals surface area contributed by atoms with E-state index >= 15 is 0 Å². The SMILES string of the molecule is COCc1cc(C(=O)N2Cc3ccccc3C[C@@H]2C(=O)O)no1. The Balaban J connectivity index is 1.89. The second-order valence-electron chi connectivity index (χ2n) is 5.37. The van der Waals surface area contributed by atoms with Crippen molar-refractivity contribution in [3.63, 3.8) is 0 Å². The van der Waals surface area contributed by atoms with Crippen LogP contribution in [0.15, 0.2) is 34.9 Å². The predicted molar refractivity (Wildman–Crippen MR) is 78.7 cm³/mol. The maximum atomic E-state index is 12.6. The second-order valence-corrected chi connectivity index (χ2v) is 5.37. The third-order valence-corrected chi connectivity index (χ3v) is 3.86. The fourth-order valence-corrected chi connectivity index (χ4v) is 2.73. The lowest BCUT2D eigenvalue weighted by Crippen LogP contribution is -2.48. The molecule has 1 aromatic carbocycles. The van der Waals surface area contributed by atoms with Crippen LogP contribution in [0.1, 0.15) is 27.4 Å². The van der Waals surface area contributed by atoms with Crippen molar-refractivity contribution < 1.29 is 24.0 Å². The van der Waals surface area contributed by atoms with Crippen LogP contribution in [0.4, 0.5) is 0 Å². The molecule has 1 N–H and O–H groups in total. The first-order valence-corrected chi connectivity index (χ1v) is 7.15. The van der Waals surface area contributed by atoms with Crippen LogP contribution >= 0.6 is 0 Å². The van der Waals surface area contributed by atoms with Crippen molar-refractivity contribution in [2.24, 2.45) is 0 Å². The Morgan fingerprint density at radius 3 is 2.83 bits per heavy atom. The van der Waals surface area contributed by atoms with Gasteiger partial charge in [-0.1, -0.05) is 29.4 Å². The van der Waals surface area contributed by atoms with Gasteiger partial charge in [-0.05, 0) is 11.1 Å². The Hall–Kier alpha value is -2.67. The monoisotopic (exact) mass is 316 g/mol. The molecule has 7 nitrogen and oxygen atoms in total. The van der Waals surface area contributed by atoms with Crippen molar-refractivity contribution >= 4 is 11.9 Å². The molecule has 0 unspecified atom stereocenters. The minimum absolute atomic E-state index is 0.0858. The number of amides is 1. The van der Waals surface area contributed by atoms with E-state index in [9.17, 15) is 14.7 Å². The van der Waals surface area contributed by atoms with Gasteiger partial charge in [-0.3, -0.25) is 4.79 Å². The third kappa shape index (κ3) is 2.95. The van der Waals surface area contributed by atoms with Gasteiger partial charge in [-0.2, -0.15) is 0 Å². The molecule has 1 aliphatic heterocycles. The van der Waals surface area contributed by atoms with Gasteiger partial charge in [0.25, 0.3) is 5.91 Å². The van der Waals surface area contributed by atoms with Gasteiger partial charge in [-0.15, -0.1) is 0 Å². The standard InChI is InChI=1S/C16H16N2O5/c1-22-9-12-7-13(17-23-12)15(19)18-8-11-5-3-2-4-10(11)6-14(18)16(20)21/h2-5,7,14H,6,8-9H2,1H3,(H,20,21)/t14-/m1/s1. The third-order valence-electron chi connectivity index (χ3n) is 3.86. The molecule has 0 bridgehead atoms. The van der Waals surface area contributed by atoms with E-state index in [4.69, 9.17) is 9.26 Å². The van der Waals surface area contributed by atoms with E-state index in [1.807, 2.05) is 24.3 Å². The van der Waals surface area contributed by atoms with E-state index < -0.39 is 17.9 Å². The van der Waals surface area contributed by atoms with Crippen LogP contribution in [-0.4, -0.2) is 40.2 Å². The van der Waals surface area contributed by atoms with Crippen LogP contribution in [0.2, 0.25) is 0 Å². The summed E-state index contributed by atoms with van der Waals surface area (Å²) in [7, 11) is 1.51. The molecule has 2 heterocycles. The first-order valence-electron chi connectivity index (χ1n) is 7.15. The molecular formula is C16H16N2O5. The summed E-state index contributed by atoms with van der Waals surface area (Å²) in [6.45, 7) is 0.434. The molecule has 0 saturated heterocycles. The number of carboxylic acids is 1. The molecule has 7 heteroatoms. The Kier molecular flexibility index (Phi) is 4.12. The van der Waals surface area contributed by atoms with Gasteiger partial charge in [0.2, 0.25) is 0 Å². The van der Waals surface area contributed by atoms with Crippen LogP contribution in [0, 0.1) is 0 Å². The van der Waals surface area contributed by atoms with Gasteiger partial charge in [0, 0.05) is 26.1 Å². The summed E-state index contributed by atoms with van der Waals surface area (Å²) in [4.78, 5) is 25.5. The van der Waals surface area contributed by atoms with Gasteiger partial charge < -0.3 is 19.3 Å². The molecule has 0 fully saturated rings. The number of hydrogen-bond donors (Lipinski definition) is 1. The lowest BCUT2D eigenvalue weighted by molar-refractivity contribution is -0.142. The van der Waals surface area contributed by atoms with Crippen molar-refractivity contribution in [1.29, 1.82) is 0 Å². The number of aliphatic carboxylic acids is 1. The van der Waals surface area contributed by atoms with Gasteiger partial charge in [0.1, 0.15) is 12.6 Å². The van der Waals surface area contributed by atoms with Crippen molar-refractivity contribution in [2.45, 2.75) is 25.6 Å². The highest BCUT2D eigenvalue weighted by Gasteiger charge is 2.36. The number of carbonyl (C=O) groups excluding carboxylic acids is 1. The van der Waals surface area contributed by atoms with Crippen molar-refractivity contribution in [1.82, 2.24) is 10.1 Å². The fourth-order valence-electron chi connectivity index (χ4n) is 2.73. The zero-order chi connectivity index (χ0) is 16.4. The number of nitrogens with zero attached hydrogens (tertiary/aromatic N) is 2. The van der Waals surface area contributed by atoms with Crippen molar-refractivity contribution in [2.75, 3.05) is 7.11 Å². The Morgan fingerprint density at radius 2 is 2.13 bits per heavy atom. The number of benzene rings is 1.